The third-order valence-corrected chi connectivity index (χ3v) is 7.81. The van der Waals surface area contributed by atoms with E-state index < -0.39 is 0 Å². The molecule has 2 saturated heterocycles. The minimum Gasteiger partial charge on any atom is -0.343 e. The molecule has 0 saturated carbocycles. The number of rotatable bonds is 7. The van der Waals surface area contributed by atoms with Gasteiger partial charge in [0.15, 0.2) is 0 Å². The van der Waals surface area contributed by atoms with Gasteiger partial charge in [0.2, 0.25) is 5.91 Å². The fourth-order valence-corrected chi connectivity index (χ4v) is 5.76. The standard InChI is InChI=1S/C28H30ClN3O4S/c1-3-30(4-2)26(34)22-11-7-13-31(18-22)25(33)21-10-5-8-19(14-21)16-24-27(35)32(28(36)37-24)17-20-9-6-12-23(29)15-20/h5-6,8-10,12,14-16,22H,3-4,7,11,13,17-18H2,1-2H3/b24-16-. The third-order valence-electron chi connectivity index (χ3n) is 6.67. The first-order chi connectivity index (χ1) is 17.8. The summed E-state index contributed by atoms with van der Waals surface area (Å²) in [7, 11) is 0. The number of hydrogen-bond donors (Lipinski definition) is 0. The summed E-state index contributed by atoms with van der Waals surface area (Å²) < 4.78 is 0. The van der Waals surface area contributed by atoms with Gasteiger partial charge in [0.1, 0.15) is 0 Å². The normalized spacial score (nSPS) is 19.0. The van der Waals surface area contributed by atoms with Gasteiger partial charge in [0.05, 0.1) is 17.4 Å². The zero-order valence-corrected chi connectivity index (χ0v) is 22.6. The van der Waals surface area contributed by atoms with Gasteiger partial charge in [-0.25, -0.2) is 0 Å². The first-order valence-corrected chi connectivity index (χ1v) is 13.7. The van der Waals surface area contributed by atoms with E-state index >= 15 is 0 Å². The Balaban J connectivity index is 1.47. The number of imide groups is 1. The van der Waals surface area contributed by atoms with Crippen LogP contribution >= 0.6 is 23.4 Å². The van der Waals surface area contributed by atoms with Crippen LogP contribution in [0.4, 0.5) is 4.79 Å². The minimum atomic E-state index is -0.375. The molecule has 4 rings (SSSR count). The van der Waals surface area contributed by atoms with E-state index in [0.717, 1.165) is 30.2 Å². The van der Waals surface area contributed by atoms with Crippen molar-refractivity contribution >= 4 is 52.4 Å². The molecule has 0 radical (unpaired) electrons. The zero-order valence-electron chi connectivity index (χ0n) is 21.0. The molecule has 4 amide bonds. The monoisotopic (exact) mass is 539 g/mol. The first kappa shape index (κ1) is 26.9. The number of piperidine rings is 1. The fourth-order valence-electron chi connectivity index (χ4n) is 4.71. The lowest BCUT2D eigenvalue weighted by molar-refractivity contribution is -0.136. The highest BCUT2D eigenvalue weighted by Gasteiger charge is 2.35. The smallest absolute Gasteiger partial charge is 0.293 e. The summed E-state index contributed by atoms with van der Waals surface area (Å²) in [6.45, 7) is 6.39. The predicted molar refractivity (Wildman–Crippen MR) is 146 cm³/mol. The Morgan fingerprint density at radius 3 is 2.59 bits per heavy atom. The van der Waals surface area contributed by atoms with Gasteiger partial charge in [-0.05, 0) is 79.9 Å². The van der Waals surface area contributed by atoms with E-state index in [9.17, 15) is 19.2 Å². The Labute approximate surface area is 226 Å². The molecule has 2 aliphatic heterocycles. The van der Waals surface area contributed by atoms with Crippen molar-refractivity contribution in [3.63, 3.8) is 0 Å². The summed E-state index contributed by atoms with van der Waals surface area (Å²) in [6.07, 6.45) is 3.20. The van der Waals surface area contributed by atoms with Crippen LogP contribution in [-0.4, -0.2) is 63.8 Å². The van der Waals surface area contributed by atoms with Crippen LogP contribution in [0.5, 0.6) is 0 Å². The fraction of sp³-hybridized carbons (Fsp3) is 0.357. The number of thioether (sulfide) groups is 1. The Morgan fingerprint density at radius 1 is 1.11 bits per heavy atom. The van der Waals surface area contributed by atoms with Crippen LogP contribution in [0.15, 0.2) is 53.4 Å². The second-order valence-electron chi connectivity index (χ2n) is 9.12. The molecule has 2 aliphatic rings. The van der Waals surface area contributed by atoms with Gasteiger partial charge < -0.3 is 9.80 Å². The molecule has 194 valence electrons. The molecular weight excluding hydrogens is 510 g/mol. The molecule has 0 bridgehead atoms. The van der Waals surface area contributed by atoms with E-state index in [1.165, 1.54) is 4.90 Å². The molecule has 2 heterocycles. The highest BCUT2D eigenvalue weighted by molar-refractivity contribution is 8.18. The molecule has 0 spiro atoms. The molecule has 1 atom stereocenters. The predicted octanol–water partition coefficient (Wildman–Crippen LogP) is 5.30. The Kier molecular flexibility index (Phi) is 8.71. The number of halogens is 1. The maximum absolute atomic E-state index is 13.3. The van der Waals surface area contributed by atoms with Crippen LogP contribution in [0.3, 0.4) is 0 Å². The lowest BCUT2D eigenvalue weighted by Crippen LogP contribution is -2.46. The molecule has 9 heteroatoms. The number of nitrogens with zero attached hydrogens (tertiary/aromatic N) is 3. The minimum absolute atomic E-state index is 0.102. The van der Waals surface area contributed by atoms with Crippen LogP contribution < -0.4 is 0 Å². The van der Waals surface area contributed by atoms with Crippen molar-refractivity contribution in [2.45, 2.75) is 33.2 Å². The summed E-state index contributed by atoms with van der Waals surface area (Å²) in [5, 5.41) is 0.194. The van der Waals surface area contributed by atoms with E-state index in [-0.39, 0.29) is 35.4 Å². The van der Waals surface area contributed by atoms with E-state index in [1.807, 2.05) is 24.8 Å². The number of benzene rings is 2. The summed E-state index contributed by atoms with van der Waals surface area (Å²) in [6, 6.07) is 14.1. The second-order valence-corrected chi connectivity index (χ2v) is 10.6. The summed E-state index contributed by atoms with van der Waals surface area (Å²) in [5.41, 5.74) is 1.91. The highest BCUT2D eigenvalue weighted by Crippen LogP contribution is 2.33. The summed E-state index contributed by atoms with van der Waals surface area (Å²) >= 11 is 6.91. The van der Waals surface area contributed by atoms with Crippen molar-refractivity contribution in [2.75, 3.05) is 26.2 Å². The van der Waals surface area contributed by atoms with Crippen molar-refractivity contribution in [1.29, 1.82) is 0 Å². The van der Waals surface area contributed by atoms with Crippen molar-refractivity contribution < 1.29 is 19.2 Å². The Morgan fingerprint density at radius 2 is 1.86 bits per heavy atom. The van der Waals surface area contributed by atoms with Gasteiger partial charge in [0, 0.05) is 36.8 Å². The van der Waals surface area contributed by atoms with Gasteiger partial charge >= 0.3 is 0 Å². The number of amides is 4. The van der Waals surface area contributed by atoms with Crippen LogP contribution in [0.1, 0.15) is 48.2 Å². The number of carbonyl (C=O) groups excluding carboxylic acids is 4. The van der Waals surface area contributed by atoms with Gasteiger partial charge in [-0.3, -0.25) is 24.1 Å². The maximum Gasteiger partial charge on any atom is 0.293 e. The van der Waals surface area contributed by atoms with Crippen LogP contribution in [0.25, 0.3) is 6.08 Å². The highest BCUT2D eigenvalue weighted by atomic mass is 35.5. The molecule has 2 aromatic carbocycles. The first-order valence-electron chi connectivity index (χ1n) is 12.5. The summed E-state index contributed by atoms with van der Waals surface area (Å²) in [5.74, 6) is -0.599. The lowest BCUT2D eigenvalue weighted by atomic mass is 9.95. The number of hydrogen-bond acceptors (Lipinski definition) is 5. The number of carbonyl (C=O) groups is 4. The zero-order chi connectivity index (χ0) is 26.5. The topological polar surface area (TPSA) is 78.0 Å². The van der Waals surface area contributed by atoms with Crippen molar-refractivity contribution in [3.8, 4) is 0 Å². The molecule has 37 heavy (non-hydrogen) atoms. The SMILES string of the molecule is CCN(CC)C(=O)C1CCCN(C(=O)c2cccc(/C=C3\SC(=O)N(Cc4cccc(Cl)c4)C3=O)c2)C1. The van der Waals surface area contributed by atoms with Crippen molar-refractivity contribution in [3.05, 3.63) is 75.1 Å². The van der Waals surface area contributed by atoms with E-state index in [2.05, 4.69) is 0 Å². The van der Waals surface area contributed by atoms with E-state index in [0.29, 0.717) is 47.2 Å². The largest absolute Gasteiger partial charge is 0.343 e. The van der Waals surface area contributed by atoms with Gasteiger partial charge in [-0.2, -0.15) is 0 Å². The average Bonchev–Trinajstić information content (AvgIpc) is 3.16. The molecule has 0 N–H and O–H groups in total. The lowest BCUT2D eigenvalue weighted by Gasteiger charge is -2.34. The van der Waals surface area contributed by atoms with E-state index in [1.54, 1.807) is 53.4 Å². The molecule has 2 aromatic rings. The van der Waals surface area contributed by atoms with Crippen LogP contribution in [0, 0.1) is 5.92 Å². The van der Waals surface area contributed by atoms with Crippen molar-refractivity contribution in [1.82, 2.24) is 14.7 Å². The number of likely N-dealkylation sites (tertiary alicyclic amines) is 1. The van der Waals surface area contributed by atoms with Crippen LogP contribution in [-0.2, 0) is 16.1 Å². The quantitative estimate of drug-likeness (QED) is 0.446. The maximum atomic E-state index is 13.3. The van der Waals surface area contributed by atoms with Gasteiger partial charge in [-0.1, -0.05) is 35.9 Å². The van der Waals surface area contributed by atoms with Gasteiger partial charge in [-0.15, -0.1) is 0 Å². The van der Waals surface area contributed by atoms with Crippen molar-refractivity contribution in [2.24, 2.45) is 5.92 Å². The van der Waals surface area contributed by atoms with Gasteiger partial charge in [0.25, 0.3) is 17.1 Å². The summed E-state index contributed by atoms with van der Waals surface area (Å²) in [4.78, 5) is 56.7. The average molecular weight is 540 g/mol. The molecule has 2 fully saturated rings. The molecule has 7 nitrogen and oxygen atoms in total. The second kappa shape index (κ2) is 12.0. The molecule has 0 aromatic heterocycles. The molecule has 1 unspecified atom stereocenters. The van der Waals surface area contributed by atoms with E-state index in [4.69, 9.17) is 11.6 Å². The third kappa shape index (κ3) is 6.25. The molecular formula is C28H30ClN3O4S. The Hall–Kier alpha value is -3.10. The molecule has 0 aliphatic carbocycles. The van der Waals surface area contributed by atoms with Crippen LogP contribution in [0.2, 0.25) is 5.02 Å². The Bertz CT molecular complexity index is 1240.